The van der Waals surface area contributed by atoms with Gasteiger partial charge in [0.05, 0.1) is 63.2 Å². The molecule has 25 heteroatoms. The van der Waals surface area contributed by atoms with Crippen LogP contribution in [0.1, 0.15) is 69.3 Å². The summed E-state index contributed by atoms with van der Waals surface area (Å²) in [5, 5.41) is 23.8. The van der Waals surface area contributed by atoms with Crippen LogP contribution in [0.3, 0.4) is 0 Å². The van der Waals surface area contributed by atoms with Gasteiger partial charge < -0.3 is 37.4 Å². The first-order valence-electron chi connectivity index (χ1n) is 20.0. The fourth-order valence-corrected chi connectivity index (χ4v) is 9.75. The van der Waals surface area contributed by atoms with Crippen LogP contribution in [0.5, 0.6) is 0 Å². The number of aromatic amines is 1. The maximum Gasteiger partial charge on any atom is 0.327 e. The van der Waals surface area contributed by atoms with E-state index in [1.807, 2.05) is 25.1 Å². The Hall–Kier alpha value is -5.16. The minimum atomic E-state index is -3.64. The van der Waals surface area contributed by atoms with Gasteiger partial charge in [0.15, 0.2) is 36.5 Å². The Morgan fingerprint density at radius 1 is 0.984 bits per heavy atom. The summed E-state index contributed by atoms with van der Waals surface area (Å²) >= 11 is 5.97. The molecule has 2 aliphatic heterocycles. The van der Waals surface area contributed by atoms with Crippen molar-refractivity contribution in [3.05, 3.63) is 65.2 Å². The zero-order valence-electron chi connectivity index (χ0n) is 34.4. The number of nitriles is 2. The lowest BCUT2D eigenvalue weighted by Gasteiger charge is -2.28. The molecule has 5 aromatic rings. The van der Waals surface area contributed by atoms with Gasteiger partial charge in [0, 0.05) is 24.1 Å². The number of carbonyl (C=O) groups excluding carboxylic acids is 2. The van der Waals surface area contributed by atoms with E-state index in [1.165, 1.54) is 19.0 Å². The Labute approximate surface area is 366 Å². The second kappa shape index (κ2) is 21.0. The molecule has 2 aliphatic rings. The van der Waals surface area contributed by atoms with Crippen LogP contribution < -0.4 is 16.2 Å². The lowest BCUT2D eigenvalue weighted by molar-refractivity contribution is -0.118. The third kappa shape index (κ3) is 11.1. The van der Waals surface area contributed by atoms with Crippen molar-refractivity contribution >= 4 is 72.8 Å². The number of anilines is 2. The van der Waals surface area contributed by atoms with E-state index in [0.29, 0.717) is 35.7 Å². The number of hydrogen-bond acceptors (Lipinski definition) is 18. The number of imidazole rings is 2. The summed E-state index contributed by atoms with van der Waals surface area (Å²) in [5.74, 6) is -0.820. The first-order valence-corrected chi connectivity index (χ1v) is 23.9. The maximum atomic E-state index is 13.0. The minimum Gasteiger partial charge on any atom is -0.352 e. The Balaban J connectivity index is 1.08. The number of benzene rings is 1. The fraction of sp³-hybridized carbons (Fsp3) is 0.474. The number of fused-ring (bicyclic) bond motifs is 2. The molecule has 2 amide bonds. The molecule has 0 aliphatic carbocycles. The van der Waals surface area contributed by atoms with E-state index in [2.05, 4.69) is 40.5 Å². The molecular weight excluding hydrogens is 879 g/mol. The average molecular weight is 923 g/mol. The van der Waals surface area contributed by atoms with Crippen LogP contribution in [-0.2, 0) is 48.7 Å². The average Bonchev–Trinajstić information content (AvgIpc) is 4.10. The van der Waals surface area contributed by atoms with Crippen molar-refractivity contribution in [2.24, 2.45) is 5.92 Å². The molecule has 332 valence electrons. The standard InChI is InChI=1S/C38H44N12O10P2S/c1-4-61(54-16-14-40)55-19-27-26(17-29(59-27)50-21-43-30-32(41-20-42-33(30)50)45-36(52)24-9-6-5-7-10-24)60-62(63,56-15-8-13-39)57-18-25-11-12-28(58-25)49-22-44-31-34(49)46-38(48-37(31)53)47-35(51)23(2)3/h5-7,9-10,20-23,25-29H,4,8,11-12,15-19H2,1-3H3,(H,41,42,45,52)(H2,46,47,48,51,53)/t25?,26-,27?,28?,29?,61?,62?/m0/s1. The first-order chi connectivity index (χ1) is 30.5. The molecule has 0 bridgehead atoms. The van der Waals surface area contributed by atoms with Gasteiger partial charge in [-0.1, -0.05) is 39.0 Å². The van der Waals surface area contributed by atoms with E-state index in [0.717, 1.165) is 0 Å². The number of nitrogens with zero attached hydrogens (tertiary/aromatic N) is 9. The van der Waals surface area contributed by atoms with Crippen molar-refractivity contribution in [3.8, 4) is 12.1 Å². The smallest absolute Gasteiger partial charge is 0.327 e. The topological polar surface area (TPSA) is 278 Å². The van der Waals surface area contributed by atoms with Crippen LogP contribution in [0.15, 0.2) is 54.1 Å². The van der Waals surface area contributed by atoms with E-state index < -0.39 is 51.4 Å². The highest BCUT2D eigenvalue weighted by Gasteiger charge is 2.43. The van der Waals surface area contributed by atoms with Gasteiger partial charge in [0.1, 0.15) is 31.5 Å². The van der Waals surface area contributed by atoms with Crippen LogP contribution >= 0.6 is 15.1 Å². The summed E-state index contributed by atoms with van der Waals surface area (Å²) in [7, 11) is -1.44. The Kier molecular flexibility index (Phi) is 15.3. The van der Waals surface area contributed by atoms with Crippen molar-refractivity contribution < 1.29 is 41.7 Å². The molecular formula is C38H44N12O10P2S. The number of carbonyl (C=O) groups is 2. The molecule has 6 unspecified atom stereocenters. The largest absolute Gasteiger partial charge is 0.352 e. The molecule has 3 N–H and O–H groups in total. The number of nitrogens with one attached hydrogen (secondary N) is 3. The zero-order valence-corrected chi connectivity index (χ0v) is 37.0. The fourth-order valence-electron chi connectivity index (χ4n) is 6.65. The van der Waals surface area contributed by atoms with E-state index in [-0.39, 0.29) is 79.9 Å². The minimum absolute atomic E-state index is 0.00685. The number of ether oxygens (including phenoxy) is 2. The molecule has 6 heterocycles. The monoisotopic (exact) mass is 922 g/mol. The van der Waals surface area contributed by atoms with Crippen molar-refractivity contribution in [3.63, 3.8) is 0 Å². The Morgan fingerprint density at radius 2 is 1.76 bits per heavy atom. The van der Waals surface area contributed by atoms with Gasteiger partial charge in [-0.2, -0.15) is 15.5 Å². The van der Waals surface area contributed by atoms with Crippen LogP contribution in [0.2, 0.25) is 0 Å². The van der Waals surface area contributed by atoms with Gasteiger partial charge in [0.25, 0.3) is 11.5 Å². The zero-order chi connectivity index (χ0) is 44.5. The highest BCUT2D eigenvalue weighted by molar-refractivity contribution is 8.07. The number of aromatic nitrogens is 8. The SMILES string of the molecule is CCP(OCC#N)OCC1OC(n2cnc3c(NC(=O)c4ccccc4)ncnc32)C[C@@H]1OP(=S)(OCCC#N)OCC1CCC(n2cnc3c(=O)[nH]c(NC(=O)C(C)C)nc32)O1. The van der Waals surface area contributed by atoms with Gasteiger partial charge in [-0.3, -0.25) is 33.8 Å². The highest BCUT2D eigenvalue weighted by Crippen LogP contribution is 2.54. The molecule has 7 atom stereocenters. The molecule has 0 radical (unpaired) electrons. The summed E-state index contributed by atoms with van der Waals surface area (Å²) in [4.78, 5) is 62.6. The van der Waals surface area contributed by atoms with E-state index >= 15 is 0 Å². The lowest BCUT2D eigenvalue weighted by Crippen LogP contribution is -2.29. The third-order valence-corrected chi connectivity index (χ3v) is 13.5. The second-order valence-corrected chi connectivity index (χ2v) is 19.2. The van der Waals surface area contributed by atoms with E-state index in [9.17, 15) is 19.6 Å². The summed E-state index contributed by atoms with van der Waals surface area (Å²) in [6.07, 6.45) is 2.72. The molecule has 22 nitrogen and oxygen atoms in total. The van der Waals surface area contributed by atoms with E-state index in [4.69, 9.17) is 49.2 Å². The molecule has 2 fully saturated rings. The van der Waals surface area contributed by atoms with Crippen LogP contribution in [0.4, 0.5) is 11.8 Å². The van der Waals surface area contributed by atoms with Crippen molar-refractivity contribution in [2.75, 3.05) is 43.2 Å². The van der Waals surface area contributed by atoms with Gasteiger partial charge in [-0.25, -0.2) is 19.9 Å². The Bertz CT molecular complexity index is 2600. The summed E-state index contributed by atoms with van der Waals surface area (Å²) in [6, 6.07) is 12.7. The van der Waals surface area contributed by atoms with Crippen LogP contribution in [0, 0.1) is 28.6 Å². The predicted molar refractivity (Wildman–Crippen MR) is 229 cm³/mol. The molecule has 0 spiro atoms. The molecule has 2 saturated heterocycles. The predicted octanol–water partition coefficient (Wildman–Crippen LogP) is 5.22. The Morgan fingerprint density at radius 3 is 2.51 bits per heavy atom. The molecule has 63 heavy (non-hydrogen) atoms. The number of rotatable bonds is 20. The lowest BCUT2D eigenvalue weighted by atomic mass is 10.2. The van der Waals surface area contributed by atoms with Crippen molar-refractivity contribution in [2.45, 2.75) is 77.2 Å². The van der Waals surface area contributed by atoms with Crippen LogP contribution in [0.25, 0.3) is 22.3 Å². The first kappa shape index (κ1) is 45.9. The van der Waals surface area contributed by atoms with E-state index in [1.54, 1.807) is 47.2 Å². The quantitative estimate of drug-likeness (QED) is 0.0667. The van der Waals surface area contributed by atoms with Gasteiger partial charge in [-0.05, 0) is 36.8 Å². The molecule has 4 aromatic heterocycles. The summed E-state index contributed by atoms with van der Waals surface area (Å²) in [6.45, 7) is 1.42. The number of amides is 2. The van der Waals surface area contributed by atoms with Gasteiger partial charge in [0.2, 0.25) is 11.9 Å². The summed E-state index contributed by atoms with van der Waals surface area (Å²) < 4.78 is 46.8. The number of hydrogen-bond donors (Lipinski definition) is 3. The van der Waals surface area contributed by atoms with Gasteiger partial charge >= 0.3 is 6.72 Å². The molecule has 1 aromatic carbocycles. The normalized spacial score (nSPS) is 21.3. The highest BCUT2D eigenvalue weighted by atomic mass is 32.5. The summed E-state index contributed by atoms with van der Waals surface area (Å²) in [5.41, 5.74) is 0.948. The van der Waals surface area contributed by atoms with Crippen molar-refractivity contribution in [1.82, 2.24) is 39.0 Å². The van der Waals surface area contributed by atoms with Crippen molar-refractivity contribution in [1.29, 1.82) is 10.5 Å². The molecule has 0 saturated carbocycles. The van der Waals surface area contributed by atoms with Crippen LogP contribution in [-0.4, -0.2) is 102 Å². The number of H-pyrrole nitrogens is 1. The third-order valence-electron chi connectivity index (χ3n) is 9.77. The second-order valence-electron chi connectivity index (χ2n) is 14.4. The molecule has 7 rings (SSSR count). The maximum absolute atomic E-state index is 13.0. The van der Waals surface area contributed by atoms with Gasteiger partial charge in [-0.15, -0.1) is 0 Å².